The molecule has 8 aliphatic heterocycles. The van der Waals surface area contributed by atoms with Gasteiger partial charge < -0.3 is 0 Å². The zero-order chi connectivity index (χ0) is 88.0. The van der Waals surface area contributed by atoms with E-state index in [9.17, 15) is 27.4 Å². The fourth-order valence-electron chi connectivity index (χ4n) is 11.9. The Kier molecular flexibility index (Phi) is 42.8. The van der Waals surface area contributed by atoms with Crippen molar-refractivity contribution in [2.45, 2.75) is 311 Å². The van der Waals surface area contributed by atoms with Gasteiger partial charge in [0.25, 0.3) is 0 Å². The molecule has 0 radical (unpaired) electrons. The Bertz CT molecular complexity index is 4370. The fourth-order valence-corrected chi connectivity index (χ4v) is 24.7. The van der Waals surface area contributed by atoms with Gasteiger partial charge in [-0.1, -0.05) is 186 Å². The lowest BCUT2D eigenvalue weighted by molar-refractivity contribution is -0.467. The van der Waals surface area contributed by atoms with Gasteiger partial charge in [-0.05, 0) is 293 Å². The van der Waals surface area contributed by atoms with Crippen molar-refractivity contribution in [3.8, 4) is 0 Å². The summed E-state index contributed by atoms with van der Waals surface area (Å²) in [5.41, 5.74) is 18.2. The van der Waals surface area contributed by atoms with E-state index >= 15 is 9.13 Å². The molecule has 8 heterocycles. The number of hydrogen-bond acceptors (Lipinski definition) is 28. The molecule has 0 amide bonds. The molecular weight excluding hydrogens is 1690 g/mol. The SMILES string of the molecule is CC(C)=CCC/C(C)=C/CC/C(C)=C/CC/C(C)=C/COP1(=O)OC2(OP(=O)(OC/C=C(\C)CC/C=C(\C)CC/C=C(\C)CCC=C(C)C)OP3(=O)OC4(OP(=O)(OC/C=C(\C)CC/C=C(\C)CC/C=C(\C)CCC=C(C)C)OP(=O)(OC56OP(=O)(OC/C=C(\C)CC/C=C(\C)CC/C=C(\C)CCC=C(C)C)OP(=O)(O5)O6)O4)O3)OP(=O)(O2)O1. The van der Waals surface area contributed by atoms with Crippen molar-refractivity contribution in [3.63, 3.8) is 0 Å². The zero-order valence-corrected chi connectivity index (χ0v) is 80.7. The molecule has 8 saturated heterocycles. The fraction of sp³-hybridized carbons (Fsp3) is 0.614. The van der Waals surface area contributed by atoms with Crippen LogP contribution in [0.15, 0.2) is 186 Å². The number of hydrogen-bond donors (Lipinski definition) is 0. The average Bonchev–Trinajstić information content (AvgIpc) is 0.697. The molecule has 5 unspecified atom stereocenters. The molecule has 0 aliphatic carbocycles. The Morgan fingerprint density at radius 3 is 0.773 bits per heavy atom. The van der Waals surface area contributed by atoms with Crippen LogP contribution in [0.4, 0.5) is 0 Å². The third-order valence-corrected chi connectivity index (χ3v) is 32.4. The number of allylic oxidation sites excluding steroid dienone is 28. The van der Waals surface area contributed by atoms with Gasteiger partial charge in [0, 0.05) is 0 Å². The molecule has 0 saturated carbocycles. The quantitative estimate of drug-likeness (QED) is 0.0403. The van der Waals surface area contributed by atoms with Crippen LogP contribution in [0.25, 0.3) is 0 Å². The first-order valence-corrected chi connectivity index (χ1v) is 52.5. The van der Waals surface area contributed by atoms with Crippen LogP contribution < -0.4 is 0 Å². The molecular formula is C83H132O28P8. The minimum atomic E-state index is -6.00. The Balaban J connectivity index is 1.21. The summed E-state index contributed by atoms with van der Waals surface area (Å²) in [4.78, 5) is 0. The van der Waals surface area contributed by atoms with Crippen molar-refractivity contribution < 1.29 is 126 Å². The first-order valence-electron chi connectivity index (χ1n) is 40.8. The molecule has 8 aliphatic rings. The van der Waals surface area contributed by atoms with E-state index in [1.165, 1.54) is 67.9 Å². The van der Waals surface area contributed by atoms with E-state index in [0.717, 1.165) is 125 Å². The summed E-state index contributed by atoms with van der Waals surface area (Å²) < 4.78 is 222. The van der Waals surface area contributed by atoms with E-state index < -0.39 is 107 Å². The lowest BCUT2D eigenvalue weighted by Gasteiger charge is -2.50. The Morgan fingerprint density at radius 1 is 0.261 bits per heavy atom. The van der Waals surface area contributed by atoms with Gasteiger partial charge in [-0.15, -0.1) is 0 Å². The normalized spacial score (nSPS) is 29.8. The molecule has 672 valence electrons. The molecule has 0 aromatic carbocycles. The van der Waals surface area contributed by atoms with Crippen molar-refractivity contribution in [3.05, 3.63) is 186 Å². The maximum Gasteiger partial charge on any atom is 0.496 e. The monoisotopic (exact) mass is 1820 g/mol. The van der Waals surface area contributed by atoms with Crippen LogP contribution in [0.5, 0.6) is 0 Å². The van der Waals surface area contributed by atoms with Crippen molar-refractivity contribution in [1.29, 1.82) is 0 Å². The van der Waals surface area contributed by atoms with E-state index in [4.69, 9.17) is 89.6 Å². The Hall–Kier alpha value is -3.12. The summed E-state index contributed by atoms with van der Waals surface area (Å²) in [6, 6.07) is 0. The Morgan fingerprint density at radius 2 is 0.487 bits per heavy atom. The Labute approximate surface area is 708 Å². The van der Waals surface area contributed by atoms with Gasteiger partial charge in [-0.2, -0.15) is 17.2 Å². The van der Waals surface area contributed by atoms with Gasteiger partial charge in [0.15, 0.2) is 0 Å². The van der Waals surface area contributed by atoms with Crippen LogP contribution in [0.1, 0.15) is 293 Å². The van der Waals surface area contributed by atoms with E-state index in [1.54, 1.807) is 32.9 Å². The topological polar surface area (TPSA) is 321 Å². The molecule has 8 fully saturated rings. The maximum atomic E-state index is 15.2. The van der Waals surface area contributed by atoms with E-state index in [-0.39, 0.29) is 0 Å². The van der Waals surface area contributed by atoms with Gasteiger partial charge in [-0.25, -0.2) is 90.8 Å². The minimum absolute atomic E-state index is 0.443. The van der Waals surface area contributed by atoms with Crippen molar-refractivity contribution in [1.82, 2.24) is 0 Å². The first kappa shape index (κ1) is 105. The molecule has 36 heteroatoms. The standard InChI is InChI=1S/C83H132O28P8/c1-65(2)33-21-37-69(9)41-25-45-73(13)49-29-53-77(17)57-61-92-112(84)96-81(100-116(88,101-81)108-112)97-113(85,93-62-58-78(18)54-30-50-74(14)46-26-42-70(10)38-22-34-66(3)4)109-117(89)102-82(103-117)98-114(86,94-63-59-79(19)55-31-51-75(15)47-27-43-71(11)39-23-35-67(5)6)110-118(90,104-82)105-83-99-115(87,111-119(91,106-83)107-83)95-64-60-80(20)56-32-52-76(16)48-28-44-72(12)40-24-36-68(7)8/h33-36,41-44,49-52,57-60H,21-32,37-40,45-48,53-56,61-64H2,1-20H3/b69-41+,70-42+,71-43+,72-44+,73-49+,74-50+,75-51+,76-52+,77-57+,78-58+,79-59+,80-60+. The number of rotatable bonds is 54. The van der Waals surface area contributed by atoms with Gasteiger partial charge >= 0.3 is 81.1 Å². The molecule has 1 spiro atoms. The predicted octanol–water partition coefficient (Wildman–Crippen LogP) is 30.7. The second-order valence-electron chi connectivity index (χ2n) is 31.9. The highest BCUT2D eigenvalue weighted by atomic mass is 31.3. The third kappa shape index (κ3) is 39.3. The summed E-state index contributed by atoms with van der Waals surface area (Å²) in [6.45, 7) is 38.3. The molecule has 0 aromatic heterocycles. The zero-order valence-electron chi connectivity index (χ0n) is 73.5. The highest BCUT2D eigenvalue weighted by Gasteiger charge is 2.80. The molecule has 5 atom stereocenters. The predicted molar refractivity (Wildman–Crippen MR) is 464 cm³/mol. The van der Waals surface area contributed by atoms with Crippen LogP contribution in [0, 0.1) is 0 Å². The number of phosphoric acid groups is 8. The van der Waals surface area contributed by atoms with Crippen LogP contribution >= 0.6 is 62.6 Å². The molecule has 119 heavy (non-hydrogen) atoms. The summed E-state index contributed by atoms with van der Waals surface area (Å²) in [5.74, 6) is 0. The van der Waals surface area contributed by atoms with Crippen molar-refractivity contribution >= 4 is 62.6 Å². The largest absolute Gasteiger partial charge is 0.496 e. The average molecular weight is 1830 g/mol. The smallest absolute Gasteiger partial charge is 0.282 e. The molecule has 8 rings (SSSR count). The number of fused-ring (bicyclic) bond motifs is 4. The summed E-state index contributed by atoms with van der Waals surface area (Å²) >= 11 is 0. The van der Waals surface area contributed by atoms with Crippen LogP contribution in [-0.4, -0.2) is 44.9 Å². The third-order valence-electron chi connectivity index (χ3n) is 18.8. The van der Waals surface area contributed by atoms with E-state index in [2.05, 4.69) is 170 Å². The van der Waals surface area contributed by atoms with E-state index in [1.807, 2.05) is 20.8 Å². The first-order chi connectivity index (χ1) is 55.7. The van der Waals surface area contributed by atoms with Crippen molar-refractivity contribution in [2.75, 3.05) is 26.4 Å². The maximum absolute atomic E-state index is 15.2. The van der Waals surface area contributed by atoms with Gasteiger partial charge in [0.05, 0.1) is 26.4 Å². The molecule has 28 nitrogen and oxygen atoms in total. The van der Waals surface area contributed by atoms with Gasteiger partial charge in [-0.3, -0.25) is 18.1 Å². The van der Waals surface area contributed by atoms with E-state index in [0.29, 0.717) is 62.5 Å². The summed E-state index contributed by atoms with van der Waals surface area (Å²) in [6.07, 6.45) is 41.5. The minimum Gasteiger partial charge on any atom is -0.282 e. The highest BCUT2D eigenvalue weighted by Crippen LogP contribution is 2.89. The van der Waals surface area contributed by atoms with Crippen molar-refractivity contribution in [2.24, 2.45) is 0 Å². The number of phosphoric ester groups is 8. The molecule has 0 aromatic rings. The summed E-state index contributed by atoms with van der Waals surface area (Å²) in [7, 11) is -43.2. The lowest BCUT2D eigenvalue weighted by atomic mass is 10.0. The van der Waals surface area contributed by atoms with Gasteiger partial charge in [0.1, 0.15) is 0 Å². The molecule has 0 N–H and O–H groups in total. The lowest BCUT2D eigenvalue weighted by Crippen LogP contribution is -2.53. The van der Waals surface area contributed by atoms with Crippen LogP contribution in [0.3, 0.4) is 0 Å². The molecule has 4 bridgehead atoms. The van der Waals surface area contributed by atoms with Crippen LogP contribution in [0.2, 0.25) is 0 Å². The van der Waals surface area contributed by atoms with Crippen LogP contribution in [-0.2, 0) is 126 Å². The second-order valence-corrected chi connectivity index (χ2v) is 44.9. The summed E-state index contributed by atoms with van der Waals surface area (Å²) in [5, 5.41) is 0. The second kappa shape index (κ2) is 48.7. The van der Waals surface area contributed by atoms with Gasteiger partial charge in [0.2, 0.25) is 0 Å². The highest BCUT2D eigenvalue weighted by molar-refractivity contribution is 7.66.